The lowest BCUT2D eigenvalue weighted by Crippen LogP contribution is -2.29. The highest BCUT2D eigenvalue weighted by Gasteiger charge is 2.37. The Hall–Kier alpha value is -0.570. The van der Waals surface area contributed by atoms with Gasteiger partial charge in [0.2, 0.25) is 5.28 Å². The Kier molecular flexibility index (Phi) is 4.48. The van der Waals surface area contributed by atoms with E-state index in [-0.39, 0.29) is 5.41 Å². The molecule has 0 saturated heterocycles. The maximum absolute atomic E-state index is 6.32. The van der Waals surface area contributed by atoms with Gasteiger partial charge in [0.25, 0.3) is 0 Å². The maximum Gasteiger partial charge on any atom is 0.225 e. The van der Waals surface area contributed by atoms with E-state index in [0.717, 1.165) is 18.3 Å². The molecule has 3 nitrogen and oxygen atoms in total. The molecule has 1 aliphatic carbocycles. The Labute approximate surface area is 128 Å². The molecule has 1 saturated carbocycles. The zero-order valence-corrected chi connectivity index (χ0v) is 14.3. The van der Waals surface area contributed by atoms with Crippen molar-refractivity contribution in [1.82, 2.24) is 14.8 Å². The number of rotatable bonds is 4. The van der Waals surface area contributed by atoms with Crippen LogP contribution in [0.1, 0.15) is 72.5 Å². The second-order valence-corrected chi connectivity index (χ2v) is 8.27. The predicted octanol–water partition coefficient (Wildman–Crippen LogP) is 4.84. The first-order valence-corrected chi connectivity index (χ1v) is 8.20. The minimum atomic E-state index is -0.0161. The summed E-state index contributed by atoms with van der Waals surface area (Å²) in [7, 11) is 0. The van der Waals surface area contributed by atoms with Crippen molar-refractivity contribution in [2.24, 2.45) is 11.3 Å². The molecule has 0 aliphatic heterocycles. The fourth-order valence-corrected chi connectivity index (χ4v) is 3.91. The quantitative estimate of drug-likeness (QED) is 0.796. The third-order valence-corrected chi connectivity index (χ3v) is 4.66. The minimum Gasteiger partial charge on any atom is -0.301 e. The maximum atomic E-state index is 6.32. The van der Waals surface area contributed by atoms with Gasteiger partial charge in [0.15, 0.2) is 0 Å². The molecular weight excluding hydrogens is 270 g/mol. The molecule has 1 aliphatic rings. The van der Waals surface area contributed by atoms with E-state index in [9.17, 15) is 0 Å². The van der Waals surface area contributed by atoms with Crippen LogP contribution in [0.3, 0.4) is 0 Å². The van der Waals surface area contributed by atoms with Gasteiger partial charge in [-0.1, -0.05) is 47.5 Å². The van der Waals surface area contributed by atoms with Gasteiger partial charge in [0.1, 0.15) is 5.82 Å². The Morgan fingerprint density at radius 2 is 1.80 bits per heavy atom. The smallest absolute Gasteiger partial charge is 0.225 e. The van der Waals surface area contributed by atoms with Crippen molar-refractivity contribution in [2.75, 3.05) is 0 Å². The number of nitrogens with zero attached hydrogens (tertiary/aromatic N) is 3. The fraction of sp³-hybridized carbons (Fsp3) is 0.875. The van der Waals surface area contributed by atoms with Crippen molar-refractivity contribution < 1.29 is 0 Å². The third kappa shape index (κ3) is 3.36. The second kappa shape index (κ2) is 5.67. The molecule has 1 aromatic heterocycles. The SMILES string of the molecule is CC(C)CC1(Cn2c(Cl)nnc2C(C)(C)C)CCCC1. The average molecular weight is 298 g/mol. The Morgan fingerprint density at radius 3 is 2.30 bits per heavy atom. The first-order valence-electron chi connectivity index (χ1n) is 7.83. The van der Waals surface area contributed by atoms with Crippen LogP contribution in [-0.2, 0) is 12.0 Å². The van der Waals surface area contributed by atoms with Crippen LogP contribution in [0.5, 0.6) is 0 Å². The molecule has 20 heavy (non-hydrogen) atoms. The molecule has 0 spiro atoms. The highest BCUT2D eigenvalue weighted by molar-refractivity contribution is 6.28. The van der Waals surface area contributed by atoms with Crippen molar-refractivity contribution in [3.8, 4) is 0 Å². The van der Waals surface area contributed by atoms with Crippen LogP contribution in [0.2, 0.25) is 5.28 Å². The Morgan fingerprint density at radius 1 is 1.20 bits per heavy atom. The van der Waals surface area contributed by atoms with E-state index in [1.54, 1.807) is 0 Å². The van der Waals surface area contributed by atoms with E-state index in [1.165, 1.54) is 32.1 Å². The van der Waals surface area contributed by atoms with E-state index in [0.29, 0.717) is 10.7 Å². The Balaban J connectivity index is 2.30. The largest absolute Gasteiger partial charge is 0.301 e. The van der Waals surface area contributed by atoms with Gasteiger partial charge in [0, 0.05) is 12.0 Å². The van der Waals surface area contributed by atoms with Gasteiger partial charge in [0.05, 0.1) is 0 Å². The molecule has 0 radical (unpaired) electrons. The van der Waals surface area contributed by atoms with Crippen LogP contribution in [0.4, 0.5) is 0 Å². The van der Waals surface area contributed by atoms with Crippen LogP contribution in [0, 0.1) is 11.3 Å². The molecule has 2 rings (SSSR count). The third-order valence-electron chi connectivity index (χ3n) is 4.38. The van der Waals surface area contributed by atoms with Crippen molar-refractivity contribution in [3.63, 3.8) is 0 Å². The van der Waals surface area contributed by atoms with E-state index in [1.807, 2.05) is 0 Å². The summed E-state index contributed by atoms with van der Waals surface area (Å²) in [5.41, 5.74) is 0.373. The molecule has 0 N–H and O–H groups in total. The molecule has 4 heteroatoms. The summed E-state index contributed by atoms with van der Waals surface area (Å²) < 4.78 is 2.16. The highest BCUT2D eigenvalue weighted by atomic mass is 35.5. The van der Waals surface area contributed by atoms with Gasteiger partial charge in [-0.05, 0) is 42.2 Å². The first-order chi connectivity index (χ1) is 9.23. The van der Waals surface area contributed by atoms with Crippen molar-refractivity contribution >= 4 is 11.6 Å². The molecule has 1 heterocycles. The molecular formula is C16H28ClN3. The van der Waals surface area contributed by atoms with Crippen LogP contribution in [-0.4, -0.2) is 14.8 Å². The molecule has 0 atom stereocenters. The van der Waals surface area contributed by atoms with Gasteiger partial charge >= 0.3 is 0 Å². The summed E-state index contributed by atoms with van der Waals surface area (Å²) in [4.78, 5) is 0. The molecule has 0 amide bonds. The van der Waals surface area contributed by atoms with Crippen molar-refractivity contribution in [3.05, 3.63) is 11.1 Å². The molecule has 0 aromatic carbocycles. The molecule has 1 aromatic rings. The molecule has 0 bridgehead atoms. The van der Waals surface area contributed by atoms with E-state index >= 15 is 0 Å². The number of hydrogen-bond donors (Lipinski definition) is 0. The molecule has 1 fully saturated rings. The summed E-state index contributed by atoms with van der Waals surface area (Å²) in [6, 6.07) is 0. The highest BCUT2D eigenvalue weighted by Crippen LogP contribution is 2.45. The van der Waals surface area contributed by atoms with Gasteiger partial charge in [-0.2, -0.15) is 0 Å². The predicted molar refractivity (Wildman–Crippen MR) is 84.1 cm³/mol. The van der Waals surface area contributed by atoms with Crippen LogP contribution >= 0.6 is 11.6 Å². The molecule has 0 unspecified atom stereocenters. The van der Waals surface area contributed by atoms with Crippen molar-refractivity contribution in [2.45, 2.75) is 78.7 Å². The lowest BCUT2D eigenvalue weighted by molar-refractivity contribution is 0.192. The zero-order valence-electron chi connectivity index (χ0n) is 13.5. The van der Waals surface area contributed by atoms with E-state index in [4.69, 9.17) is 11.6 Å². The number of hydrogen-bond acceptors (Lipinski definition) is 2. The van der Waals surface area contributed by atoms with Gasteiger partial charge in [-0.25, -0.2) is 0 Å². The summed E-state index contributed by atoms with van der Waals surface area (Å²) in [5.74, 6) is 1.74. The first kappa shape index (κ1) is 15.8. The topological polar surface area (TPSA) is 30.7 Å². The average Bonchev–Trinajstić information content (AvgIpc) is 2.86. The number of halogens is 1. The summed E-state index contributed by atoms with van der Waals surface area (Å²) in [5, 5.41) is 8.98. The molecule has 114 valence electrons. The standard InChI is InChI=1S/C16H28ClN3/c1-12(2)10-16(8-6-7-9-16)11-20-13(15(3,4)5)18-19-14(20)17/h12H,6-11H2,1-5H3. The minimum absolute atomic E-state index is 0.0161. The number of aromatic nitrogens is 3. The van der Waals surface area contributed by atoms with Gasteiger partial charge < -0.3 is 4.57 Å². The Bertz CT molecular complexity index is 451. The van der Waals surface area contributed by atoms with Gasteiger partial charge in [-0.15, -0.1) is 10.2 Å². The normalized spacial score (nSPS) is 18.9. The monoisotopic (exact) mass is 297 g/mol. The lowest BCUT2D eigenvalue weighted by Gasteiger charge is -2.33. The summed E-state index contributed by atoms with van der Waals surface area (Å²) in [6.07, 6.45) is 6.58. The van der Waals surface area contributed by atoms with Crippen LogP contribution in [0.15, 0.2) is 0 Å². The summed E-state index contributed by atoms with van der Waals surface area (Å²) >= 11 is 6.32. The van der Waals surface area contributed by atoms with Gasteiger partial charge in [-0.3, -0.25) is 0 Å². The summed E-state index contributed by atoms with van der Waals surface area (Å²) in [6.45, 7) is 12.1. The van der Waals surface area contributed by atoms with Crippen molar-refractivity contribution in [1.29, 1.82) is 0 Å². The van der Waals surface area contributed by atoms with E-state index < -0.39 is 0 Å². The zero-order chi connectivity index (χ0) is 15.0. The fourth-order valence-electron chi connectivity index (χ4n) is 3.73. The van der Waals surface area contributed by atoms with Crippen LogP contribution in [0.25, 0.3) is 0 Å². The lowest BCUT2D eigenvalue weighted by atomic mass is 9.78. The second-order valence-electron chi connectivity index (χ2n) is 7.93. The van der Waals surface area contributed by atoms with E-state index in [2.05, 4.69) is 49.4 Å². The van der Waals surface area contributed by atoms with Crippen LogP contribution < -0.4 is 0 Å².